The van der Waals surface area contributed by atoms with Gasteiger partial charge in [0.2, 0.25) is 0 Å². The second kappa shape index (κ2) is 5.21. The number of hydrogen-bond acceptors (Lipinski definition) is 4. The smallest absolute Gasteiger partial charge is 0.154 e. The molecular weight excluding hydrogens is 200 g/mol. The molecule has 0 unspecified atom stereocenters. The maximum Gasteiger partial charge on any atom is 0.154 e. The molecule has 0 bridgehead atoms. The summed E-state index contributed by atoms with van der Waals surface area (Å²) in [6.45, 7) is 3.00. The summed E-state index contributed by atoms with van der Waals surface area (Å²) in [7, 11) is 0. The lowest BCUT2D eigenvalue weighted by Crippen LogP contribution is -2.04. The Morgan fingerprint density at radius 3 is 2.69 bits per heavy atom. The quantitative estimate of drug-likeness (QED) is 0.848. The Bertz CT molecular complexity index is 442. The lowest BCUT2D eigenvalue weighted by molar-refractivity contribution is 0.965. The van der Waals surface area contributed by atoms with Gasteiger partial charge in [-0.25, -0.2) is 9.97 Å². The van der Waals surface area contributed by atoms with Crippen LogP contribution in [-0.2, 0) is 0 Å². The molecule has 2 aromatic rings. The lowest BCUT2D eigenvalue weighted by Gasteiger charge is -2.07. The van der Waals surface area contributed by atoms with Crippen LogP contribution in [0.1, 0.15) is 13.3 Å². The van der Waals surface area contributed by atoms with Crippen LogP contribution in [0.15, 0.2) is 36.8 Å². The van der Waals surface area contributed by atoms with Gasteiger partial charge in [0.25, 0.3) is 0 Å². The topological polar surface area (TPSA) is 50.7 Å². The average molecular weight is 214 g/mol. The van der Waals surface area contributed by atoms with Gasteiger partial charge in [0, 0.05) is 25.1 Å². The minimum atomic E-state index is 0.794. The first-order valence-electron chi connectivity index (χ1n) is 5.38. The SMILES string of the molecule is CCCNc1nccnc1-c1ccccn1. The molecule has 2 rings (SSSR count). The molecule has 0 aliphatic heterocycles. The molecule has 0 aliphatic carbocycles. The van der Waals surface area contributed by atoms with E-state index in [1.165, 1.54) is 0 Å². The van der Waals surface area contributed by atoms with Crippen molar-refractivity contribution in [3.8, 4) is 11.4 Å². The number of nitrogens with zero attached hydrogens (tertiary/aromatic N) is 3. The molecule has 4 heteroatoms. The maximum absolute atomic E-state index is 4.31. The van der Waals surface area contributed by atoms with E-state index in [0.717, 1.165) is 30.2 Å². The van der Waals surface area contributed by atoms with Gasteiger partial charge in [0.15, 0.2) is 5.82 Å². The fourth-order valence-electron chi connectivity index (χ4n) is 1.40. The zero-order chi connectivity index (χ0) is 11.2. The van der Waals surface area contributed by atoms with E-state index < -0.39 is 0 Å². The van der Waals surface area contributed by atoms with Gasteiger partial charge in [-0.2, -0.15) is 0 Å². The summed E-state index contributed by atoms with van der Waals surface area (Å²) in [4.78, 5) is 12.9. The fourth-order valence-corrected chi connectivity index (χ4v) is 1.40. The summed E-state index contributed by atoms with van der Waals surface area (Å²) in [5.74, 6) is 0.794. The summed E-state index contributed by atoms with van der Waals surface area (Å²) < 4.78 is 0. The summed E-state index contributed by atoms with van der Waals surface area (Å²) in [6.07, 6.45) is 6.18. The Balaban J connectivity index is 2.33. The third-order valence-corrected chi connectivity index (χ3v) is 2.15. The average Bonchev–Trinajstić information content (AvgIpc) is 2.38. The molecule has 82 valence electrons. The number of rotatable bonds is 4. The molecule has 16 heavy (non-hydrogen) atoms. The summed E-state index contributed by atoms with van der Waals surface area (Å²) in [5.41, 5.74) is 1.64. The van der Waals surface area contributed by atoms with Gasteiger partial charge >= 0.3 is 0 Å². The molecule has 4 nitrogen and oxygen atoms in total. The van der Waals surface area contributed by atoms with Crippen LogP contribution >= 0.6 is 0 Å². The molecule has 0 amide bonds. The van der Waals surface area contributed by atoms with Crippen molar-refractivity contribution in [3.05, 3.63) is 36.8 Å². The van der Waals surface area contributed by atoms with Crippen LogP contribution in [0.4, 0.5) is 5.82 Å². The molecule has 0 aliphatic rings. The number of anilines is 1. The molecule has 0 fully saturated rings. The second-order valence-electron chi connectivity index (χ2n) is 3.40. The van der Waals surface area contributed by atoms with E-state index in [1.54, 1.807) is 18.6 Å². The summed E-state index contributed by atoms with van der Waals surface area (Å²) in [6, 6.07) is 5.76. The largest absolute Gasteiger partial charge is 0.368 e. The van der Waals surface area contributed by atoms with Crippen molar-refractivity contribution in [3.63, 3.8) is 0 Å². The Morgan fingerprint density at radius 1 is 1.06 bits per heavy atom. The molecule has 2 heterocycles. The predicted octanol–water partition coefficient (Wildman–Crippen LogP) is 2.36. The highest BCUT2D eigenvalue weighted by molar-refractivity contribution is 5.67. The highest BCUT2D eigenvalue weighted by Gasteiger charge is 2.07. The number of aromatic nitrogens is 3. The molecule has 0 saturated heterocycles. The highest BCUT2D eigenvalue weighted by atomic mass is 15.0. The van der Waals surface area contributed by atoms with Crippen molar-refractivity contribution in [1.82, 2.24) is 15.0 Å². The summed E-state index contributed by atoms with van der Waals surface area (Å²) in [5, 5.41) is 3.25. The third kappa shape index (κ3) is 2.34. The van der Waals surface area contributed by atoms with Gasteiger partial charge in [0.05, 0.1) is 5.69 Å². The van der Waals surface area contributed by atoms with Gasteiger partial charge < -0.3 is 5.32 Å². The van der Waals surface area contributed by atoms with Crippen molar-refractivity contribution in [1.29, 1.82) is 0 Å². The van der Waals surface area contributed by atoms with Crippen molar-refractivity contribution < 1.29 is 0 Å². The standard InChI is InChI=1S/C12H14N4/c1-2-6-15-12-11(14-8-9-16-12)10-5-3-4-7-13-10/h3-5,7-9H,2,6H2,1H3,(H,15,16). The van der Waals surface area contributed by atoms with Crippen LogP contribution in [-0.4, -0.2) is 21.5 Å². The first-order valence-corrected chi connectivity index (χ1v) is 5.38. The molecule has 0 aromatic carbocycles. The van der Waals surface area contributed by atoms with E-state index in [2.05, 4.69) is 27.2 Å². The number of hydrogen-bond donors (Lipinski definition) is 1. The molecule has 1 N–H and O–H groups in total. The van der Waals surface area contributed by atoms with Gasteiger partial charge in [-0.05, 0) is 18.6 Å². The minimum Gasteiger partial charge on any atom is -0.368 e. The van der Waals surface area contributed by atoms with E-state index in [1.807, 2.05) is 18.2 Å². The van der Waals surface area contributed by atoms with E-state index >= 15 is 0 Å². The minimum absolute atomic E-state index is 0.794. The van der Waals surface area contributed by atoms with Crippen LogP contribution in [0.2, 0.25) is 0 Å². The predicted molar refractivity (Wildman–Crippen MR) is 64.0 cm³/mol. The maximum atomic E-state index is 4.31. The summed E-state index contributed by atoms with van der Waals surface area (Å²) >= 11 is 0. The first-order chi connectivity index (χ1) is 7.92. The zero-order valence-electron chi connectivity index (χ0n) is 9.22. The second-order valence-corrected chi connectivity index (χ2v) is 3.40. The van der Waals surface area contributed by atoms with E-state index in [9.17, 15) is 0 Å². The Labute approximate surface area is 94.8 Å². The van der Waals surface area contributed by atoms with Crippen molar-refractivity contribution >= 4 is 5.82 Å². The Kier molecular flexibility index (Phi) is 3.43. The van der Waals surface area contributed by atoms with Crippen molar-refractivity contribution in [2.45, 2.75) is 13.3 Å². The van der Waals surface area contributed by atoms with Crippen LogP contribution < -0.4 is 5.32 Å². The molecule has 2 aromatic heterocycles. The van der Waals surface area contributed by atoms with Gasteiger partial charge in [-0.3, -0.25) is 4.98 Å². The van der Waals surface area contributed by atoms with Crippen LogP contribution in [0.5, 0.6) is 0 Å². The van der Waals surface area contributed by atoms with E-state index in [-0.39, 0.29) is 0 Å². The van der Waals surface area contributed by atoms with Gasteiger partial charge in [-0.1, -0.05) is 13.0 Å². The van der Waals surface area contributed by atoms with E-state index in [4.69, 9.17) is 0 Å². The molecule has 0 saturated carbocycles. The monoisotopic (exact) mass is 214 g/mol. The van der Waals surface area contributed by atoms with Crippen molar-refractivity contribution in [2.24, 2.45) is 0 Å². The Morgan fingerprint density at radius 2 is 1.94 bits per heavy atom. The highest BCUT2D eigenvalue weighted by Crippen LogP contribution is 2.20. The molecule has 0 radical (unpaired) electrons. The Hall–Kier alpha value is -1.97. The number of pyridine rings is 1. The lowest BCUT2D eigenvalue weighted by atomic mass is 10.2. The van der Waals surface area contributed by atoms with Crippen LogP contribution in [0, 0.1) is 0 Å². The van der Waals surface area contributed by atoms with Crippen molar-refractivity contribution in [2.75, 3.05) is 11.9 Å². The normalized spacial score (nSPS) is 10.1. The third-order valence-electron chi connectivity index (χ3n) is 2.15. The van der Waals surface area contributed by atoms with Crippen LogP contribution in [0.3, 0.4) is 0 Å². The molecule has 0 atom stereocenters. The van der Waals surface area contributed by atoms with Gasteiger partial charge in [-0.15, -0.1) is 0 Å². The van der Waals surface area contributed by atoms with Crippen LogP contribution in [0.25, 0.3) is 11.4 Å². The molecular formula is C12H14N4. The van der Waals surface area contributed by atoms with Gasteiger partial charge in [0.1, 0.15) is 5.69 Å². The zero-order valence-corrected chi connectivity index (χ0v) is 9.22. The fraction of sp³-hybridized carbons (Fsp3) is 0.250. The number of nitrogens with one attached hydrogen (secondary N) is 1. The van der Waals surface area contributed by atoms with E-state index in [0.29, 0.717) is 0 Å². The first kappa shape index (κ1) is 10.5. The molecule has 0 spiro atoms.